The van der Waals surface area contributed by atoms with Gasteiger partial charge in [0.1, 0.15) is 0 Å². The lowest BCUT2D eigenvalue weighted by Gasteiger charge is -2.38. The van der Waals surface area contributed by atoms with E-state index >= 15 is 0 Å². The number of nitrogens with one attached hydrogen (secondary N) is 1. The monoisotopic (exact) mass is 238 g/mol. The number of aryl methyl sites for hydroxylation is 2. The summed E-state index contributed by atoms with van der Waals surface area (Å²) in [6.45, 7) is 11.4. The molecule has 0 radical (unpaired) electrons. The first-order valence-corrected chi connectivity index (χ1v) is 7.03. The topological polar surface area (TPSA) is 15.3 Å². The molecule has 2 heterocycles. The molecule has 2 nitrogen and oxygen atoms in total. The van der Waals surface area contributed by atoms with Crippen LogP contribution in [-0.4, -0.2) is 30.6 Å². The first-order chi connectivity index (χ1) is 7.70. The number of hydrogen-bond donors (Lipinski definition) is 1. The van der Waals surface area contributed by atoms with E-state index in [0.717, 1.165) is 12.6 Å². The van der Waals surface area contributed by atoms with Crippen molar-refractivity contribution in [2.75, 3.05) is 19.6 Å². The van der Waals surface area contributed by atoms with Gasteiger partial charge in [-0.2, -0.15) is 0 Å². The van der Waals surface area contributed by atoms with Crippen LogP contribution in [0.2, 0.25) is 0 Å². The van der Waals surface area contributed by atoms with Crippen molar-refractivity contribution in [2.45, 2.75) is 39.8 Å². The van der Waals surface area contributed by atoms with E-state index in [4.69, 9.17) is 0 Å². The number of rotatable bonds is 5. The van der Waals surface area contributed by atoms with Gasteiger partial charge in [0.25, 0.3) is 0 Å². The summed E-state index contributed by atoms with van der Waals surface area (Å²) in [6.07, 6.45) is 1.25. The Bertz CT molecular complexity index is 342. The number of hydrogen-bond acceptors (Lipinski definition) is 3. The molecule has 0 spiro atoms. The Morgan fingerprint density at radius 2 is 2.19 bits per heavy atom. The highest BCUT2D eigenvalue weighted by Crippen LogP contribution is 2.23. The first-order valence-electron chi connectivity index (χ1n) is 6.21. The summed E-state index contributed by atoms with van der Waals surface area (Å²) in [5.74, 6) is 0. The lowest BCUT2D eigenvalue weighted by molar-refractivity contribution is 0.138. The SMILES string of the molecule is CCCN(Cc1cc(C)sc1C)C1CNC1. The lowest BCUT2D eigenvalue weighted by Crippen LogP contribution is -2.56. The normalized spacial score (nSPS) is 16.8. The van der Waals surface area contributed by atoms with Crippen molar-refractivity contribution in [1.29, 1.82) is 0 Å². The minimum Gasteiger partial charge on any atom is -0.314 e. The Hall–Kier alpha value is -0.380. The molecule has 1 fully saturated rings. The Labute approximate surface area is 103 Å². The Morgan fingerprint density at radius 3 is 2.62 bits per heavy atom. The Balaban J connectivity index is 2.01. The van der Waals surface area contributed by atoms with Gasteiger partial charge in [-0.1, -0.05) is 6.92 Å². The van der Waals surface area contributed by atoms with E-state index in [2.05, 4.69) is 37.1 Å². The second-order valence-electron chi connectivity index (χ2n) is 4.72. The molecule has 1 aliphatic heterocycles. The summed E-state index contributed by atoms with van der Waals surface area (Å²) in [4.78, 5) is 5.56. The highest BCUT2D eigenvalue weighted by molar-refractivity contribution is 7.12. The molecule has 1 saturated heterocycles. The predicted octanol–water partition coefficient (Wildman–Crippen LogP) is 2.55. The minimum absolute atomic E-state index is 0.763. The average Bonchev–Trinajstić information content (AvgIpc) is 2.42. The first kappa shape index (κ1) is 12.1. The fourth-order valence-electron chi connectivity index (χ4n) is 2.27. The van der Waals surface area contributed by atoms with Crippen molar-refractivity contribution in [3.05, 3.63) is 21.4 Å². The van der Waals surface area contributed by atoms with Crippen LogP contribution in [0.15, 0.2) is 6.07 Å². The van der Waals surface area contributed by atoms with Gasteiger partial charge in [-0.15, -0.1) is 11.3 Å². The molecule has 1 N–H and O–H groups in total. The zero-order valence-electron chi connectivity index (χ0n) is 10.5. The van der Waals surface area contributed by atoms with E-state index in [1.165, 1.54) is 41.4 Å². The average molecular weight is 238 g/mol. The van der Waals surface area contributed by atoms with Gasteiger partial charge in [0.15, 0.2) is 0 Å². The smallest absolute Gasteiger partial charge is 0.0348 e. The van der Waals surface area contributed by atoms with Crippen molar-refractivity contribution in [1.82, 2.24) is 10.2 Å². The van der Waals surface area contributed by atoms with E-state index < -0.39 is 0 Å². The van der Waals surface area contributed by atoms with Crippen molar-refractivity contribution in [3.63, 3.8) is 0 Å². The second-order valence-corrected chi connectivity index (χ2v) is 6.18. The molecule has 3 heteroatoms. The Kier molecular flexibility index (Phi) is 4.00. The van der Waals surface area contributed by atoms with E-state index in [0.29, 0.717) is 0 Å². The van der Waals surface area contributed by atoms with Crippen molar-refractivity contribution in [2.24, 2.45) is 0 Å². The van der Waals surface area contributed by atoms with Crippen LogP contribution in [-0.2, 0) is 6.54 Å². The molecule has 1 aromatic rings. The summed E-state index contributed by atoms with van der Waals surface area (Å²) >= 11 is 1.92. The van der Waals surface area contributed by atoms with Gasteiger partial charge in [-0.3, -0.25) is 4.90 Å². The fourth-order valence-corrected chi connectivity index (χ4v) is 3.21. The second kappa shape index (κ2) is 5.30. The van der Waals surface area contributed by atoms with E-state index in [1.807, 2.05) is 11.3 Å². The Morgan fingerprint density at radius 1 is 1.44 bits per heavy atom. The van der Waals surface area contributed by atoms with Crippen LogP contribution in [0.5, 0.6) is 0 Å². The third-order valence-electron chi connectivity index (χ3n) is 3.30. The van der Waals surface area contributed by atoms with Crippen LogP contribution in [0.25, 0.3) is 0 Å². The van der Waals surface area contributed by atoms with Gasteiger partial charge in [0.2, 0.25) is 0 Å². The standard InChI is InChI=1S/C13H22N2S/c1-4-5-15(13-7-14-8-13)9-12-6-10(2)16-11(12)3/h6,13-14H,4-5,7-9H2,1-3H3. The van der Waals surface area contributed by atoms with Crippen LogP contribution in [0.3, 0.4) is 0 Å². The van der Waals surface area contributed by atoms with E-state index in [-0.39, 0.29) is 0 Å². The molecule has 0 amide bonds. The third kappa shape index (κ3) is 2.65. The zero-order chi connectivity index (χ0) is 11.5. The van der Waals surface area contributed by atoms with Crippen molar-refractivity contribution < 1.29 is 0 Å². The molecule has 90 valence electrons. The summed E-state index contributed by atoms with van der Waals surface area (Å²) in [7, 11) is 0. The molecule has 1 aromatic heterocycles. The van der Waals surface area contributed by atoms with E-state index in [9.17, 15) is 0 Å². The van der Waals surface area contributed by atoms with Crippen LogP contribution in [0, 0.1) is 13.8 Å². The zero-order valence-corrected chi connectivity index (χ0v) is 11.4. The predicted molar refractivity (Wildman–Crippen MR) is 71.2 cm³/mol. The molecule has 0 atom stereocenters. The van der Waals surface area contributed by atoms with E-state index in [1.54, 1.807) is 0 Å². The van der Waals surface area contributed by atoms with Gasteiger partial charge in [0, 0.05) is 35.4 Å². The highest BCUT2D eigenvalue weighted by atomic mass is 32.1. The van der Waals surface area contributed by atoms with Gasteiger partial charge < -0.3 is 5.32 Å². The molecule has 0 saturated carbocycles. The van der Waals surface area contributed by atoms with Gasteiger partial charge in [-0.05, 0) is 38.4 Å². The largest absolute Gasteiger partial charge is 0.314 e. The molecule has 16 heavy (non-hydrogen) atoms. The fraction of sp³-hybridized carbons (Fsp3) is 0.692. The minimum atomic E-state index is 0.763. The maximum absolute atomic E-state index is 3.37. The molecule has 0 bridgehead atoms. The summed E-state index contributed by atoms with van der Waals surface area (Å²) in [5.41, 5.74) is 1.53. The maximum Gasteiger partial charge on any atom is 0.0348 e. The molecular weight excluding hydrogens is 216 g/mol. The molecule has 0 unspecified atom stereocenters. The maximum atomic E-state index is 3.37. The summed E-state index contributed by atoms with van der Waals surface area (Å²) in [6, 6.07) is 3.12. The molecule has 1 aliphatic rings. The van der Waals surface area contributed by atoms with Crippen LogP contribution in [0.4, 0.5) is 0 Å². The number of thiophene rings is 1. The van der Waals surface area contributed by atoms with Crippen LogP contribution < -0.4 is 5.32 Å². The highest BCUT2D eigenvalue weighted by Gasteiger charge is 2.24. The van der Waals surface area contributed by atoms with Gasteiger partial charge >= 0.3 is 0 Å². The van der Waals surface area contributed by atoms with Crippen LogP contribution >= 0.6 is 11.3 Å². The molecule has 0 aliphatic carbocycles. The van der Waals surface area contributed by atoms with Crippen molar-refractivity contribution >= 4 is 11.3 Å². The van der Waals surface area contributed by atoms with Gasteiger partial charge in [0.05, 0.1) is 0 Å². The lowest BCUT2D eigenvalue weighted by atomic mass is 10.1. The molecule has 0 aromatic carbocycles. The van der Waals surface area contributed by atoms with Crippen LogP contribution in [0.1, 0.15) is 28.7 Å². The quantitative estimate of drug-likeness (QED) is 0.848. The van der Waals surface area contributed by atoms with Gasteiger partial charge in [-0.25, -0.2) is 0 Å². The number of nitrogens with zero attached hydrogens (tertiary/aromatic N) is 1. The third-order valence-corrected chi connectivity index (χ3v) is 4.31. The summed E-state index contributed by atoms with van der Waals surface area (Å²) in [5, 5.41) is 3.37. The molecular formula is C13H22N2S. The molecule has 2 rings (SSSR count). The summed E-state index contributed by atoms with van der Waals surface area (Å²) < 4.78 is 0. The van der Waals surface area contributed by atoms with Crippen molar-refractivity contribution in [3.8, 4) is 0 Å².